The van der Waals surface area contributed by atoms with E-state index < -0.39 is 0 Å². The van der Waals surface area contributed by atoms with Crippen LogP contribution >= 0.6 is 11.6 Å². The first-order chi connectivity index (χ1) is 8.46. The molecule has 3 heteroatoms. The highest BCUT2D eigenvalue weighted by Gasteiger charge is 2.24. The van der Waals surface area contributed by atoms with E-state index in [1.54, 1.807) is 0 Å². The predicted octanol–water partition coefficient (Wildman–Crippen LogP) is 4.81. The molecule has 1 saturated carbocycles. The number of hydrogen-bond donors (Lipinski definition) is 1. The summed E-state index contributed by atoms with van der Waals surface area (Å²) in [6.07, 6.45) is 8.30. The molecule has 0 saturated heterocycles. The Bertz CT molecular complexity index is 415. The van der Waals surface area contributed by atoms with Crippen molar-refractivity contribution in [2.45, 2.75) is 58.9 Å². The maximum absolute atomic E-state index is 5.88. The Balaban J connectivity index is 2.01. The van der Waals surface area contributed by atoms with Crippen molar-refractivity contribution in [3.63, 3.8) is 0 Å². The summed E-state index contributed by atoms with van der Waals surface area (Å²) in [5.41, 5.74) is 2.81. The minimum absolute atomic E-state index is 0.504. The third-order valence-electron chi connectivity index (χ3n) is 4.01. The molecule has 0 radical (unpaired) electrons. The lowest BCUT2D eigenvalue weighted by Crippen LogP contribution is -2.19. The van der Waals surface area contributed by atoms with Gasteiger partial charge in [-0.25, -0.2) is 4.98 Å². The Kier molecular flexibility index (Phi) is 4.16. The largest absolute Gasteiger partial charge is 0.381 e. The number of nitrogens with zero attached hydrogens (tertiary/aromatic N) is 1. The summed E-state index contributed by atoms with van der Waals surface area (Å²) < 4.78 is 0. The molecule has 1 unspecified atom stereocenters. The van der Waals surface area contributed by atoms with Crippen LogP contribution in [-0.2, 0) is 0 Å². The van der Waals surface area contributed by atoms with Crippen LogP contribution in [-0.4, -0.2) is 11.0 Å². The third-order valence-corrected chi connectivity index (χ3v) is 4.22. The number of anilines is 1. The van der Waals surface area contributed by atoms with Gasteiger partial charge in [0, 0.05) is 6.04 Å². The lowest BCUT2D eigenvalue weighted by Gasteiger charge is -2.22. The lowest BCUT2D eigenvalue weighted by atomic mass is 9.85. The van der Waals surface area contributed by atoms with Gasteiger partial charge >= 0.3 is 0 Å². The van der Waals surface area contributed by atoms with E-state index in [1.165, 1.54) is 37.7 Å². The molecule has 100 valence electrons. The summed E-state index contributed by atoms with van der Waals surface area (Å²) in [4.78, 5) is 4.16. The van der Waals surface area contributed by atoms with Crippen molar-refractivity contribution < 1.29 is 0 Å². The summed E-state index contributed by atoms with van der Waals surface area (Å²) in [6.45, 7) is 6.84. The smallest absolute Gasteiger partial charge is 0.129 e. The standard InChI is InChI=1S/C15H23ClN2/c1-11-9-14(16)17-10-13(11)18-12-5-4-7-15(2,3)8-6-12/h9-10,12,18H,4-8H2,1-3H3. The van der Waals surface area contributed by atoms with E-state index in [1.807, 2.05) is 12.3 Å². The highest BCUT2D eigenvalue weighted by Crippen LogP contribution is 2.34. The molecule has 0 aliphatic heterocycles. The number of nitrogens with one attached hydrogen (secondary N) is 1. The Labute approximate surface area is 115 Å². The molecule has 1 aliphatic rings. The molecule has 1 aromatic heterocycles. The molecule has 0 spiro atoms. The highest BCUT2D eigenvalue weighted by molar-refractivity contribution is 6.29. The number of rotatable bonds is 2. The van der Waals surface area contributed by atoms with E-state index in [0.29, 0.717) is 16.6 Å². The molecule has 18 heavy (non-hydrogen) atoms. The zero-order valence-electron chi connectivity index (χ0n) is 11.6. The van der Waals surface area contributed by atoms with Crippen molar-refractivity contribution in [2.24, 2.45) is 5.41 Å². The summed E-state index contributed by atoms with van der Waals surface area (Å²) in [5.74, 6) is 0. The number of pyridine rings is 1. The molecule has 1 fully saturated rings. The van der Waals surface area contributed by atoms with Crippen molar-refractivity contribution in [3.8, 4) is 0 Å². The molecule has 0 amide bonds. The number of aromatic nitrogens is 1. The maximum atomic E-state index is 5.88. The molecular formula is C15H23ClN2. The zero-order valence-corrected chi connectivity index (χ0v) is 12.3. The molecule has 1 N–H and O–H groups in total. The van der Waals surface area contributed by atoms with E-state index in [-0.39, 0.29) is 0 Å². The minimum atomic E-state index is 0.504. The van der Waals surface area contributed by atoms with Crippen molar-refractivity contribution in [2.75, 3.05) is 5.32 Å². The van der Waals surface area contributed by atoms with Crippen LogP contribution in [0.1, 0.15) is 51.5 Å². The first-order valence-corrected chi connectivity index (χ1v) is 7.23. The van der Waals surface area contributed by atoms with Crippen LogP contribution in [0.3, 0.4) is 0 Å². The van der Waals surface area contributed by atoms with Gasteiger partial charge in [0.25, 0.3) is 0 Å². The Morgan fingerprint density at radius 1 is 1.33 bits per heavy atom. The SMILES string of the molecule is Cc1cc(Cl)ncc1NC1CCCC(C)(C)CC1. The molecule has 1 heterocycles. The number of aryl methyl sites for hydroxylation is 1. The quantitative estimate of drug-likeness (QED) is 0.614. The fourth-order valence-corrected chi connectivity index (χ4v) is 2.91. The summed E-state index contributed by atoms with van der Waals surface area (Å²) in [6, 6.07) is 2.50. The lowest BCUT2D eigenvalue weighted by molar-refractivity contribution is 0.313. The molecule has 1 atom stereocenters. The van der Waals surface area contributed by atoms with Crippen molar-refractivity contribution in [1.82, 2.24) is 4.98 Å². The van der Waals surface area contributed by atoms with Gasteiger partial charge in [0.1, 0.15) is 5.15 Å². The average molecular weight is 267 g/mol. The van der Waals surface area contributed by atoms with E-state index >= 15 is 0 Å². The van der Waals surface area contributed by atoms with Crippen LogP contribution in [0.15, 0.2) is 12.3 Å². The van der Waals surface area contributed by atoms with Gasteiger partial charge in [-0.1, -0.05) is 31.9 Å². The predicted molar refractivity (Wildman–Crippen MR) is 78.3 cm³/mol. The van der Waals surface area contributed by atoms with Crippen LogP contribution < -0.4 is 5.32 Å². The highest BCUT2D eigenvalue weighted by atomic mass is 35.5. The molecule has 2 rings (SSSR count). The van der Waals surface area contributed by atoms with Gasteiger partial charge in [0.2, 0.25) is 0 Å². The summed E-state index contributed by atoms with van der Waals surface area (Å²) in [5, 5.41) is 4.20. The molecule has 1 aromatic rings. The van der Waals surface area contributed by atoms with Crippen molar-refractivity contribution in [1.29, 1.82) is 0 Å². The van der Waals surface area contributed by atoms with Gasteiger partial charge in [-0.15, -0.1) is 0 Å². The number of halogens is 1. The van der Waals surface area contributed by atoms with Crippen LogP contribution in [0, 0.1) is 12.3 Å². The fourth-order valence-electron chi connectivity index (χ4n) is 2.70. The van der Waals surface area contributed by atoms with Crippen LogP contribution in [0.5, 0.6) is 0 Å². The van der Waals surface area contributed by atoms with Crippen LogP contribution in [0.25, 0.3) is 0 Å². The second-order valence-corrected chi connectivity index (χ2v) is 6.65. The fraction of sp³-hybridized carbons (Fsp3) is 0.667. The van der Waals surface area contributed by atoms with Gasteiger partial charge in [-0.3, -0.25) is 0 Å². The van der Waals surface area contributed by atoms with E-state index in [4.69, 9.17) is 11.6 Å². The normalized spacial score (nSPS) is 23.4. The van der Waals surface area contributed by atoms with Gasteiger partial charge in [0.05, 0.1) is 11.9 Å². The van der Waals surface area contributed by atoms with Gasteiger partial charge < -0.3 is 5.32 Å². The molecule has 0 bridgehead atoms. The summed E-state index contributed by atoms with van der Waals surface area (Å²) >= 11 is 5.88. The topological polar surface area (TPSA) is 24.9 Å². The third kappa shape index (κ3) is 3.61. The minimum Gasteiger partial charge on any atom is -0.381 e. The summed E-state index contributed by atoms with van der Waals surface area (Å²) in [7, 11) is 0. The second kappa shape index (κ2) is 5.48. The molecular weight excluding hydrogens is 244 g/mol. The van der Waals surface area contributed by atoms with Crippen LogP contribution in [0.2, 0.25) is 5.15 Å². The first kappa shape index (κ1) is 13.7. The van der Waals surface area contributed by atoms with Crippen molar-refractivity contribution >= 4 is 17.3 Å². The second-order valence-electron chi connectivity index (χ2n) is 6.26. The van der Waals surface area contributed by atoms with Gasteiger partial charge in [0.15, 0.2) is 0 Å². The zero-order chi connectivity index (χ0) is 13.2. The van der Waals surface area contributed by atoms with Crippen LogP contribution in [0.4, 0.5) is 5.69 Å². The van der Waals surface area contributed by atoms with Gasteiger partial charge in [-0.05, 0) is 49.7 Å². The van der Waals surface area contributed by atoms with E-state index in [9.17, 15) is 0 Å². The van der Waals surface area contributed by atoms with Gasteiger partial charge in [-0.2, -0.15) is 0 Å². The Morgan fingerprint density at radius 3 is 2.83 bits per heavy atom. The maximum Gasteiger partial charge on any atom is 0.129 e. The first-order valence-electron chi connectivity index (χ1n) is 6.85. The average Bonchev–Trinajstić information content (AvgIpc) is 2.44. The Hall–Kier alpha value is -0.760. The molecule has 2 nitrogen and oxygen atoms in total. The van der Waals surface area contributed by atoms with E-state index in [0.717, 1.165) is 5.69 Å². The molecule has 0 aromatic carbocycles. The molecule has 1 aliphatic carbocycles. The Morgan fingerprint density at radius 2 is 2.11 bits per heavy atom. The van der Waals surface area contributed by atoms with E-state index in [2.05, 4.69) is 31.1 Å². The number of hydrogen-bond acceptors (Lipinski definition) is 2. The van der Waals surface area contributed by atoms with Crippen molar-refractivity contribution in [3.05, 3.63) is 23.0 Å². The monoisotopic (exact) mass is 266 g/mol.